The molecular formula is C23H29FN6O2S2. The number of rotatable bonds is 5. The summed E-state index contributed by atoms with van der Waals surface area (Å²) in [6.45, 7) is 7.32. The van der Waals surface area contributed by atoms with Crippen molar-refractivity contribution in [3.63, 3.8) is 0 Å². The number of nitrogens with one attached hydrogen (secondary N) is 1. The lowest BCUT2D eigenvalue weighted by Crippen LogP contribution is -2.34. The number of halogens is 1. The maximum atomic E-state index is 14.1. The van der Waals surface area contributed by atoms with E-state index in [1.165, 1.54) is 8.76 Å². The molecule has 3 aromatic rings. The zero-order chi connectivity index (χ0) is 24.0. The first-order chi connectivity index (χ1) is 16.3. The molecule has 3 N–H and O–H groups in total. The quantitative estimate of drug-likeness (QED) is 0.480. The first-order valence-corrected chi connectivity index (χ1v) is 13.0. The van der Waals surface area contributed by atoms with Crippen LogP contribution < -0.4 is 11.3 Å². The summed E-state index contributed by atoms with van der Waals surface area (Å²) in [4.78, 5) is 5.67. The van der Waals surface area contributed by atoms with E-state index in [0.717, 1.165) is 52.4 Å². The largest absolute Gasteiger partial charge is 0.348 e. The van der Waals surface area contributed by atoms with Gasteiger partial charge in [0.15, 0.2) is 18.1 Å². The number of aromatic nitrogens is 4. The Morgan fingerprint density at radius 2 is 2.00 bits per heavy atom. The highest BCUT2D eigenvalue weighted by atomic mass is 32.2. The molecule has 182 valence electrons. The van der Waals surface area contributed by atoms with Crippen molar-refractivity contribution in [3.8, 4) is 21.8 Å². The fourth-order valence-corrected chi connectivity index (χ4v) is 6.49. The minimum Gasteiger partial charge on any atom is -0.348 e. The standard InChI is InChI=1S/C23H29FN6O2S2/c1-13(2)18-19(28-30(34-24)20(18)16-10-14(3)21(25)29(26)12-16)17-11-27-22(33-17)15-4-6-23(7-5-15)31-8-9-32-23/h10-13,15,25H,4-9,26H2,1-3H3. The number of nitrogens with two attached hydrogens (primary N) is 1. The summed E-state index contributed by atoms with van der Waals surface area (Å²) in [6.07, 6.45) is 7.22. The zero-order valence-corrected chi connectivity index (χ0v) is 21.1. The molecule has 3 aromatic heterocycles. The summed E-state index contributed by atoms with van der Waals surface area (Å²) in [6, 6.07) is 1.86. The van der Waals surface area contributed by atoms with Gasteiger partial charge in [-0.15, -0.1) is 15.2 Å². The molecule has 0 unspecified atom stereocenters. The molecule has 0 radical (unpaired) electrons. The second-order valence-electron chi connectivity index (χ2n) is 9.32. The molecule has 0 amide bonds. The van der Waals surface area contributed by atoms with Crippen LogP contribution in [0.3, 0.4) is 0 Å². The molecule has 1 aliphatic carbocycles. The number of hydrogen-bond donors (Lipinski definition) is 2. The fraction of sp³-hybridized carbons (Fsp3) is 0.522. The van der Waals surface area contributed by atoms with Crippen molar-refractivity contribution in [2.75, 3.05) is 19.1 Å². The number of nitrogens with zero attached hydrogens (tertiary/aromatic N) is 4. The molecule has 0 aromatic carbocycles. The van der Waals surface area contributed by atoms with Crippen LogP contribution in [0, 0.1) is 12.3 Å². The molecule has 5 rings (SSSR count). The molecule has 1 saturated heterocycles. The third kappa shape index (κ3) is 4.08. The molecule has 1 saturated carbocycles. The third-order valence-corrected chi connectivity index (χ3v) is 8.32. The lowest BCUT2D eigenvalue weighted by Gasteiger charge is -2.34. The molecule has 1 spiro atoms. The Morgan fingerprint density at radius 3 is 2.62 bits per heavy atom. The van der Waals surface area contributed by atoms with Crippen molar-refractivity contribution in [1.82, 2.24) is 18.8 Å². The second-order valence-corrected chi connectivity index (χ2v) is 10.9. The van der Waals surface area contributed by atoms with E-state index < -0.39 is 0 Å². The maximum Gasteiger partial charge on any atom is 0.188 e. The topological polar surface area (TPSA) is 104 Å². The van der Waals surface area contributed by atoms with Gasteiger partial charge in [0.2, 0.25) is 0 Å². The highest BCUT2D eigenvalue weighted by molar-refractivity contribution is 7.92. The Labute approximate surface area is 206 Å². The van der Waals surface area contributed by atoms with Gasteiger partial charge in [-0.2, -0.15) is 9.19 Å². The predicted molar refractivity (Wildman–Crippen MR) is 132 cm³/mol. The van der Waals surface area contributed by atoms with Gasteiger partial charge < -0.3 is 15.3 Å². The van der Waals surface area contributed by atoms with Gasteiger partial charge in [-0.05, 0) is 37.3 Å². The van der Waals surface area contributed by atoms with Crippen LogP contribution in [-0.4, -0.2) is 37.8 Å². The van der Waals surface area contributed by atoms with E-state index in [0.29, 0.717) is 30.4 Å². The minimum absolute atomic E-state index is 0.0638. The molecule has 2 fully saturated rings. The lowest BCUT2D eigenvalue weighted by molar-refractivity contribution is -0.178. The van der Waals surface area contributed by atoms with E-state index in [1.807, 2.05) is 19.2 Å². The van der Waals surface area contributed by atoms with Crippen LogP contribution >= 0.6 is 23.7 Å². The van der Waals surface area contributed by atoms with E-state index >= 15 is 0 Å². The van der Waals surface area contributed by atoms with Gasteiger partial charge in [0, 0.05) is 42.3 Å². The number of thiazole rings is 1. The number of nitrogen functional groups attached to an aromatic ring is 1. The smallest absolute Gasteiger partial charge is 0.188 e. The minimum atomic E-state index is -0.389. The van der Waals surface area contributed by atoms with Crippen molar-refractivity contribution in [1.29, 1.82) is 5.41 Å². The fourth-order valence-electron chi connectivity index (χ4n) is 5.02. The van der Waals surface area contributed by atoms with Crippen molar-refractivity contribution >= 4 is 23.7 Å². The van der Waals surface area contributed by atoms with Gasteiger partial charge in [0.25, 0.3) is 0 Å². The van der Waals surface area contributed by atoms with Crippen molar-refractivity contribution in [2.45, 2.75) is 64.1 Å². The van der Waals surface area contributed by atoms with Crippen LogP contribution in [0.25, 0.3) is 21.8 Å². The highest BCUT2D eigenvalue weighted by Crippen LogP contribution is 2.46. The van der Waals surface area contributed by atoms with Crippen LogP contribution in [0.15, 0.2) is 18.5 Å². The lowest BCUT2D eigenvalue weighted by atomic mass is 9.85. The number of pyridine rings is 1. The van der Waals surface area contributed by atoms with Crippen molar-refractivity contribution in [2.24, 2.45) is 0 Å². The van der Waals surface area contributed by atoms with Crippen LogP contribution in [0.2, 0.25) is 0 Å². The molecule has 34 heavy (non-hydrogen) atoms. The van der Waals surface area contributed by atoms with Crippen LogP contribution in [0.4, 0.5) is 3.89 Å². The number of ether oxygens (including phenoxy) is 2. The molecular weight excluding hydrogens is 475 g/mol. The third-order valence-electron chi connectivity index (χ3n) is 6.76. The summed E-state index contributed by atoms with van der Waals surface area (Å²) >= 11 is 1.70. The molecule has 1 aliphatic heterocycles. The Bertz CT molecular complexity index is 1220. The van der Waals surface area contributed by atoms with Gasteiger partial charge in [0.05, 0.1) is 28.8 Å². The highest BCUT2D eigenvalue weighted by Gasteiger charge is 2.41. The van der Waals surface area contributed by atoms with E-state index in [9.17, 15) is 3.89 Å². The van der Waals surface area contributed by atoms with Crippen LogP contribution in [0.5, 0.6) is 0 Å². The summed E-state index contributed by atoms with van der Waals surface area (Å²) in [7, 11) is 0. The van der Waals surface area contributed by atoms with Crippen LogP contribution in [-0.2, 0) is 9.47 Å². The second kappa shape index (κ2) is 9.10. The van der Waals surface area contributed by atoms with Crippen molar-refractivity contribution < 1.29 is 13.4 Å². The maximum absolute atomic E-state index is 14.1. The molecule has 11 heteroatoms. The number of aryl methyl sites for hydroxylation is 1. The van der Waals surface area contributed by atoms with Gasteiger partial charge in [-0.1, -0.05) is 13.8 Å². The average molecular weight is 505 g/mol. The van der Waals surface area contributed by atoms with E-state index in [4.69, 9.17) is 25.7 Å². The molecule has 8 nitrogen and oxygen atoms in total. The monoisotopic (exact) mass is 504 g/mol. The van der Waals surface area contributed by atoms with Gasteiger partial charge in [-0.25, -0.2) is 4.98 Å². The van der Waals surface area contributed by atoms with Gasteiger partial charge >= 0.3 is 0 Å². The Hall–Kier alpha value is -2.21. The summed E-state index contributed by atoms with van der Waals surface area (Å²) in [5.41, 5.74) is 3.98. The first kappa shape index (κ1) is 23.5. The summed E-state index contributed by atoms with van der Waals surface area (Å²) in [5, 5.41) is 13.8. The Balaban J connectivity index is 1.50. The van der Waals surface area contributed by atoms with Gasteiger partial charge in [0.1, 0.15) is 11.2 Å². The SMILES string of the molecule is Cc1cc(-c2c(C(C)C)c(-c3cnc(C4CCC5(CC4)OCCO5)s3)nn2SF)cn(N)c1=N. The van der Waals surface area contributed by atoms with E-state index in [2.05, 4.69) is 18.9 Å². The normalized spacial score (nSPS) is 18.4. The van der Waals surface area contributed by atoms with Crippen LogP contribution in [0.1, 0.15) is 67.5 Å². The molecule has 0 bridgehead atoms. The number of hydrogen-bond acceptors (Lipinski definition) is 8. The molecule has 0 atom stereocenters. The zero-order valence-electron chi connectivity index (χ0n) is 19.5. The Kier molecular flexibility index (Phi) is 6.30. The average Bonchev–Trinajstić information content (AvgIpc) is 3.56. The Morgan fingerprint density at radius 1 is 1.29 bits per heavy atom. The first-order valence-electron chi connectivity index (χ1n) is 11.5. The van der Waals surface area contributed by atoms with E-state index in [1.54, 1.807) is 17.5 Å². The molecule has 2 aliphatic rings. The van der Waals surface area contributed by atoms with Gasteiger partial charge in [-0.3, -0.25) is 10.1 Å². The van der Waals surface area contributed by atoms with Crippen molar-refractivity contribution in [3.05, 3.63) is 40.1 Å². The molecule has 4 heterocycles. The summed E-state index contributed by atoms with van der Waals surface area (Å²) < 4.78 is 28.4. The predicted octanol–water partition coefficient (Wildman–Crippen LogP) is 4.88. The van der Waals surface area contributed by atoms with E-state index in [-0.39, 0.29) is 29.5 Å². The summed E-state index contributed by atoms with van der Waals surface area (Å²) in [5.74, 6) is 6.06.